The fraction of sp³-hybridized carbons (Fsp3) is 0.774. The van der Waals surface area contributed by atoms with E-state index in [-0.39, 0.29) is 16.9 Å². The van der Waals surface area contributed by atoms with Gasteiger partial charge in [-0.2, -0.15) is 0 Å². The molecule has 0 radical (unpaired) electrons. The minimum atomic E-state index is -0.317. The third-order valence-corrected chi connectivity index (χ3v) is 9.81. The minimum absolute atomic E-state index is 0.0184. The van der Waals surface area contributed by atoms with E-state index >= 15 is 0 Å². The third-order valence-electron chi connectivity index (χ3n) is 9.81. The van der Waals surface area contributed by atoms with E-state index < -0.39 is 0 Å². The normalized spacial score (nSPS) is 30.9. The van der Waals surface area contributed by atoms with Crippen LogP contribution in [0, 0.1) is 11.8 Å². The molecule has 4 saturated carbocycles. The topological polar surface area (TPSA) is 60.2 Å². The van der Waals surface area contributed by atoms with Gasteiger partial charge in [0.15, 0.2) is 17.6 Å². The quantitative estimate of drug-likeness (QED) is 0.377. The van der Waals surface area contributed by atoms with Crippen LogP contribution in [0.4, 0.5) is 0 Å². The first-order valence-electron chi connectivity index (χ1n) is 15.2. The van der Waals surface area contributed by atoms with Gasteiger partial charge in [0, 0.05) is 24.0 Å². The summed E-state index contributed by atoms with van der Waals surface area (Å²) in [6.45, 7) is 0. The van der Waals surface area contributed by atoms with Gasteiger partial charge in [0.1, 0.15) is 22.6 Å². The van der Waals surface area contributed by atoms with Crippen molar-refractivity contribution in [2.45, 2.75) is 139 Å². The molecule has 5 heteroatoms. The zero-order chi connectivity index (χ0) is 24.4. The Morgan fingerprint density at radius 1 is 0.583 bits per heavy atom. The van der Waals surface area contributed by atoms with Crippen molar-refractivity contribution in [2.75, 3.05) is 0 Å². The average Bonchev–Trinajstić information content (AvgIpc) is 3.44. The molecule has 0 bridgehead atoms. The Morgan fingerprint density at radius 2 is 0.944 bits per heavy atom. The predicted molar refractivity (Wildman–Crippen MR) is 143 cm³/mol. The highest BCUT2D eigenvalue weighted by Gasteiger charge is 2.46. The van der Waals surface area contributed by atoms with Gasteiger partial charge in [-0.05, 0) is 51.4 Å². The molecule has 0 N–H and O–H groups in total. The lowest BCUT2D eigenvalue weighted by molar-refractivity contribution is -0.110. The van der Waals surface area contributed by atoms with E-state index in [1.54, 1.807) is 12.2 Å². The number of allylic oxidation sites excluding steroid dienone is 2. The van der Waals surface area contributed by atoms with Crippen LogP contribution in [-0.2, 0) is 14.3 Å². The molecule has 0 saturated heterocycles. The maximum atomic E-state index is 13.6. The molecule has 0 aromatic carbocycles. The summed E-state index contributed by atoms with van der Waals surface area (Å²) >= 11 is 0. The van der Waals surface area contributed by atoms with Crippen molar-refractivity contribution in [3.8, 4) is 0 Å². The van der Waals surface area contributed by atoms with E-state index in [9.17, 15) is 4.79 Å². The van der Waals surface area contributed by atoms with E-state index in [4.69, 9.17) is 19.5 Å². The highest BCUT2D eigenvalue weighted by atomic mass is 16.5. The van der Waals surface area contributed by atoms with Gasteiger partial charge in [0.2, 0.25) is 0 Å². The van der Waals surface area contributed by atoms with Gasteiger partial charge in [-0.1, -0.05) is 77.0 Å². The Balaban J connectivity index is 1.25. The maximum absolute atomic E-state index is 13.6. The van der Waals surface area contributed by atoms with Crippen molar-refractivity contribution in [3.05, 3.63) is 23.7 Å². The average molecular weight is 493 g/mol. The zero-order valence-corrected chi connectivity index (χ0v) is 22.1. The third kappa shape index (κ3) is 4.84. The number of ether oxygens (including phenoxy) is 2. The lowest BCUT2D eigenvalue weighted by Gasteiger charge is -2.30. The molecule has 6 aliphatic rings. The van der Waals surface area contributed by atoms with Crippen LogP contribution in [0.3, 0.4) is 0 Å². The summed E-state index contributed by atoms with van der Waals surface area (Å²) in [5.41, 5.74) is -0.635. The van der Waals surface area contributed by atoms with Gasteiger partial charge in [-0.3, -0.25) is 4.79 Å². The Labute approximate surface area is 216 Å². The number of nitrogens with zero attached hydrogens (tertiary/aromatic N) is 2. The molecular weight excluding hydrogens is 448 g/mol. The van der Waals surface area contributed by atoms with Crippen LogP contribution >= 0.6 is 0 Å². The molecule has 4 fully saturated rings. The van der Waals surface area contributed by atoms with Gasteiger partial charge in [-0.25, -0.2) is 9.98 Å². The maximum Gasteiger partial charge on any atom is 0.193 e. The monoisotopic (exact) mass is 492 g/mol. The van der Waals surface area contributed by atoms with Gasteiger partial charge >= 0.3 is 0 Å². The molecule has 5 nitrogen and oxygen atoms in total. The Bertz CT molecular complexity index is 874. The summed E-state index contributed by atoms with van der Waals surface area (Å²) < 4.78 is 12.9. The van der Waals surface area contributed by atoms with E-state index in [2.05, 4.69) is 0 Å². The van der Waals surface area contributed by atoms with Gasteiger partial charge in [0.25, 0.3) is 0 Å². The van der Waals surface area contributed by atoms with Crippen LogP contribution in [0.25, 0.3) is 0 Å². The van der Waals surface area contributed by atoms with Crippen molar-refractivity contribution < 1.29 is 14.3 Å². The lowest BCUT2D eigenvalue weighted by Crippen LogP contribution is -2.30. The van der Waals surface area contributed by atoms with Crippen LogP contribution < -0.4 is 0 Å². The van der Waals surface area contributed by atoms with Gasteiger partial charge in [0.05, 0.1) is 0 Å². The first kappa shape index (κ1) is 24.4. The lowest BCUT2D eigenvalue weighted by atomic mass is 9.80. The molecule has 0 atom stereocenters. The fourth-order valence-electron chi connectivity index (χ4n) is 7.66. The molecule has 2 heterocycles. The molecule has 0 amide bonds. The number of carbonyl (C=O) groups excluding carboxylic acids is 1. The summed E-state index contributed by atoms with van der Waals surface area (Å²) in [5, 5.41) is 0. The van der Waals surface area contributed by atoms with Crippen molar-refractivity contribution >= 4 is 17.6 Å². The number of ketones is 1. The summed E-state index contributed by atoms with van der Waals surface area (Å²) in [4.78, 5) is 24.0. The predicted octanol–water partition coefficient (Wildman–Crippen LogP) is 7.75. The molecule has 36 heavy (non-hydrogen) atoms. The molecule has 0 unspecified atom stereocenters. The van der Waals surface area contributed by atoms with Crippen molar-refractivity contribution in [1.29, 1.82) is 0 Å². The molecule has 0 aromatic heterocycles. The van der Waals surface area contributed by atoms with Crippen molar-refractivity contribution in [1.82, 2.24) is 0 Å². The second-order valence-corrected chi connectivity index (χ2v) is 12.4. The first-order valence-corrected chi connectivity index (χ1v) is 15.2. The number of aliphatic imine (C=N–C) groups is 2. The van der Waals surface area contributed by atoms with Crippen LogP contribution in [0.5, 0.6) is 0 Å². The Morgan fingerprint density at radius 3 is 1.33 bits per heavy atom. The van der Waals surface area contributed by atoms with Crippen LogP contribution in [0.15, 0.2) is 33.7 Å². The summed E-state index contributed by atoms with van der Waals surface area (Å²) in [6, 6.07) is 0. The standard InChI is InChI=1S/C31H44N2O3/c34-25(21-26-30(17-9-3-10-18-30)32-28(35-26)23-13-5-1-6-14-23)22-27-31(19-11-4-12-20-31)33-29(36-27)24-15-7-2-8-16-24/h21-24H,1-20H2/b26-21+,27-22+. The first-order chi connectivity index (χ1) is 17.7. The molecule has 4 aliphatic carbocycles. The van der Waals surface area contributed by atoms with Gasteiger partial charge < -0.3 is 9.47 Å². The number of carbonyl (C=O) groups is 1. The van der Waals surface area contributed by atoms with E-state index in [0.29, 0.717) is 11.8 Å². The van der Waals surface area contributed by atoms with Gasteiger partial charge in [-0.15, -0.1) is 0 Å². The van der Waals surface area contributed by atoms with Crippen LogP contribution in [-0.4, -0.2) is 28.7 Å². The van der Waals surface area contributed by atoms with Crippen molar-refractivity contribution in [2.24, 2.45) is 21.8 Å². The van der Waals surface area contributed by atoms with E-state index in [1.807, 2.05) is 0 Å². The smallest absolute Gasteiger partial charge is 0.193 e. The molecule has 2 spiro atoms. The summed E-state index contributed by atoms with van der Waals surface area (Å²) in [5.74, 6) is 4.25. The molecular formula is C31H44N2O3. The number of hydrogen-bond acceptors (Lipinski definition) is 5. The van der Waals surface area contributed by atoms with Crippen molar-refractivity contribution in [3.63, 3.8) is 0 Å². The Kier molecular flexibility index (Phi) is 7.09. The van der Waals surface area contributed by atoms with E-state index in [1.165, 1.54) is 51.4 Å². The van der Waals surface area contributed by atoms with Crippen LogP contribution in [0.2, 0.25) is 0 Å². The largest absolute Gasteiger partial charge is 0.445 e. The molecule has 2 aliphatic heterocycles. The minimum Gasteiger partial charge on any atom is -0.445 e. The zero-order valence-electron chi connectivity index (χ0n) is 22.1. The summed E-state index contributed by atoms with van der Waals surface area (Å²) in [7, 11) is 0. The SMILES string of the molecule is O=C(/C=C1/OC(C2CCCCC2)=NC12CCCCC2)/C=C1/OC(C2CCCCC2)=NC12CCCCC2. The van der Waals surface area contributed by atoms with Crippen LogP contribution in [0.1, 0.15) is 128 Å². The summed E-state index contributed by atoms with van der Waals surface area (Å²) in [6.07, 6.45) is 26.9. The number of rotatable bonds is 4. The second kappa shape index (κ2) is 10.5. The molecule has 0 aromatic rings. The van der Waals surface area contributed by atoms with E-state index in [0.717, 1.165) is 100 Å². The number of hydrogen-bond donors (Lipinski definition) is 0. The highest BCUT2D eigenvalue weighted by molar-refractivity contribution is 6.01. The fourth-order valence-corrected chi connectivity index (χ4v) is 7.66. The second-order valence-electron chi connectivity index (χ2n) is 12.4. The molecule has 6 rings (SSSR count). The Hall–Kier alpha value is -1.91. The highest BCUT2D eigenvalue weighted by Crippen LogP contribution is 2.46. The molecule has 196 valence electrons.